The zero-order valence-corrected chi connectivity index (χ0v) is 19.0. The number of amides is 1. The highest BCUT2D eigenvalue weighted by Crippen LogP contribution is 2.29. The van der Waals surface area contributed by atoms with Crippen molar-refractivity contribution in [2.45, 2.75) is 25.2 Å². The largest absolute Gasteiger partial charge is 0.489 e. The normalized spacial score (nSPS) is 12.2. The molecule has 4 rings (SSSR count). The summed E-state index contributed by atoms with van der Waals surface area (Å²) in [6.45, 7) is 0.0993. The average Bonchev–Trinajstić information content (AvgIpc) is 2.87. The molecule has 8 heteroatoms. The highest BCUT2D eigenvalue weighted by Gasteiger charge is 2.29. The number of hydrogen-bond acceptors (Lipinski definition) is 3. The Bertz CT molecular complexity index is 1370. The first kappa shape index (κ1) is 24.8. The zero-order valence-electron chi connectivity index (χ0n) is 19.0. The molecule has 0 heterocycles. The summed E-state index contributed by atoms with van der Waals surface area (Å²) < 4.78 is 43.8. The van der Waals surface area contributed by atoms with E-state index >= 15 is 0 Å². The molecule has 0 aliphatic heterocycles. The Kier molecular flexibility index (Phi) is 7.24. The van der Waals surface area contributed by atoms with E-state index in [0.717, 1.165) is 28.5 Å². The Hall–Kier alpha value is -4.33. The van der Waals surface area contributed by atoms with Crippen LogP contribution in [-0.4, -0.2) is 23.0 Å². The number of alkyl halides is 3. The minimum absolute atomic E-state index is 0.0993. The molecule has 0 aromatic heterocycles. The maximum Gasteiger partial charge on any atom is 0.416 e. The van der Waals surface area contributed by atoms with E-state index in [1.54, 1.807) is 60.7 Å². The van der Waals surface area contributed by atoms with E-state index in [2.05, 4.69) is 5.32 Å². The van der Waals surface area contributed by atoms with Crippen LogP contribution in [0.25, 0.3) is 10.8 Å². The van der Waals surface area contributed by atoms with Gasteiger partial charge in [-0.25, -0.2) is 4.79 Å². The third-order valence-electron chi connectivity index (χ3n) is 5.65. The van der Waals surface area contributed by atoms with Gasteiger partial charge in [-0.15, -0.1) is 0 Å². The molecule has 0 saturated carbocycles. The summed E-state index contributed by atoms with van der Waals surface area (Å²) in [7, 11) is 0. The van der Waals surface area contributed by atoms with Crippen LogP contribution in [-0.2, 0) is 24.0 Å². The third kappa shape index (κ3) is 6.21. The Morgan fingerprint density at radius 1 is 0.833 bits per heavy atom. The number of carbonyl (C=O) groups is 2. The van der Waals surface area contributed by atoms with Crippen LogP contribution >= 0.6 is 0 Å². The van der Waals surface area contributed by atoms with E-state index in [0.29, 0.717) is 16.9 Å². The Morgan fingerprint density at radius 2 is 1.50 bits per heavy atom. The van der Waals surface area contributed by atoms with Crippen molar-refractivity contribution in [3.8, 4) is 5.75 Å². The van der Waals surface area contributed by atoms with Crippen LogP contribution in [0.5, 0.6) is 5.75 Å². The van der Waals surface area contributed by atoms with E-state index in [1.807, 2.05) is 6.07 Å². The van der Waals surface area contributed by atoms with Gasteiger partial charge in [0.25, 0.3) is 5.91 Å². The molecule has 0 aliphatic carbocycles. The molecule has 0 spiro atoms. The lowest BCUT2D eigenvalue weighted by Crippen LogP contribution is -2.42. The fraction of sp³-hybridized carbons (Fsp3) is 0.143. The highest BCUT2D eigenvalue weighted by atomic mass is 19.4. The first-order valence-electron chi connectivity index (χ1n) is 11.1. The monoisotopic (exact) mass is 493 g/mol. The minimum atomic E-state index is -4.39. The van der Waals surface area contributed by atoms with Crippen LogP contribution in [0.2, 0.25) is 0 Å². The van der Waals surface area contributed by atoms with Gasteiger partial charge in [0.1, 0.15) is 18.4 Å². The quantitative estimate of drug-likeness (QED) is 0.322. The Balaban J connectivity index is 1.41. The molecule has 1 unspecified atom stereocenters. The molecule has 1 atom stereocenters. The second kappa shape index (κ2) is 10.5. The molecule has 36 heavy (non-hydrogen) atoms. The lowest BCUT2D eigenvalue weighted by atomic mass is 10.0. The van der Waals surface area contributed by atoms with E-state index in [4.69, 9.17) is 4.74 Å². The van der Waals surface area contributed by atoms with Crippen molar-refractivity contribution >= 4 is 22.6 Å². The number of halogens is 3. The van der Waals surface area contributed by atoms with Crippen LogP contribution in [0.1, 0.15) is 27.0 Å². The molecular weight excluding hydrogens is 471 g/mol. The lowest BCUT2D eigenvalue weighted by molar-refractivity contribution is -0.139. The van der Waals surface area contributed by atoms with Crippen molar-refractivity contribution in [2.24, 2.45) is 0 Å². The van der Waals surface area contributed by atoms with E-state index in [1.165, 1.54) is 12.1 Å². The summed E-state index contributed by atoms with van der Waals surface area (Å²) in [6, 6.07) is 22.9. The molecule has 0 saturated heterocycles. The molecule has 0 fully saturated rings. The lowest BCUT2D eigenvalue weighted by Gasteiger charge is -2.15. The molecule has 1 amide bonds. The second-order valence-corrected chi connectivity index (χ2v) is 8.26. The molecule has 2 N–H and O–H groups in total. The molecule has 0 aliphatic rings. The number of hydrogen-bond donors (Lipinski definition) is 2. The van der Waals surface area contributed by atoms with Crippen molar-refractivity contribution in [2.75, 3.05) is 0 Å². The van der Waals surface area contributed by atoms with Gasteiger partial charge in [0, 0.05) is 12.0 Å². The molecular formula is C28H22F3NO4. The molecule has 5 nitrogen and oxygen atoms in total. The Morgan fingerprint density at radius 3 is 2.17 bits per heavy atom. The topological polar surface area (TPSA) is 75.6 Å². The van der Waals surface area contributed by atoms with Gasteiger partial charge in [-0.3, -0.25) is 4.79 Å². The highest BCUT2D eigenvalue weighted by molar-refractivity contribution is 6.00. The smallest absolute Gasteiger partial charge is 0.416 e. The summed E-state index contributed by atoms with van der Waals surface area (Å²) >= 11 is 0. The molecule has 4 aromatic rings. The van der Waals surface area contributed by atoms with Gasteiger partial charge in [-0.2, -0.15) is 13.2 Å². The standard InChI is InChI=1S/C28H22F3NO4/c29-28(30,31)23-11-6-19(7-12-23)17-36-24-13-10-20-15-22(9-8-21(20)16-24)26(33)32-25(27(34)35)14-18-4-2-1-3-5-18/h1-13,15-16,25H,14,17H2,(H,32,33)(H,34,35). The van der Waals surface area contributed by atoms with Crippen LogP contribution in [0.3, 0.4) is 0 Å². The van der Waals surface area contributed by atoms with Crippen LogP contribution in [0, 0.1) is 0 Å². The van der Waals surface area contributed by atoms with Crippen molar-refractivity contribution in [1.29, 1.82) is 0 Å². The van der Waals surface area contributed by atoms with Crippen LogP contribution in [0.4, 0.5) is 13.2 Å². The summed E-state index contributed by atoms with van der Waals surface area (Å²) in [4.78, 5) is 24.4. The number of fused-ring (bicyclic) bond motifs is 1. The number of rotatable bonds is 8. The Labute approximate surface area is 205 Å². The maximum absolute atomic E-state index is 12.7. The molecule has 4 aromatic carbocycles. The van der Waals surface area contributed by atoms with Crippen molar-refractivity contribution in [3.63, 3.8) is 0 Å². The summed E-state index contributed by atoms with van der Waals surface area (Å²) in [5, 5.41) is 13.6. The van der Waals surface area contributed by atoms with Gasteiger partial charge < -0.3 is 15.2 Å². The fourth-order valence-corrected chi connectivity index (χ4v) is 3.70. The first-order valence-corrected chi connectivity index (χ1v) is 11.1. The van der Waals surface area contributed by atoms with Crippen molar-refractivity contribution in [3.05, 3.63) is 113 Å². The molecule has 0 radical (unpaired) electrons. The predicted molar refractivity (Wildman–Crippen MR) is 129 cm³/mol. The predicted octanol–water partition coefficient (Wildman–Crippen LogP) is 5.86. The molecule has 0 bridgehead atoms. The number of carboxylic acids is 1. The van der Waals surface area contributed by atoms with E-state index in [-0.39, 0.29) is 13.0 Å². The van der Waals surface area contributed by atoms with E-state index < -0.39 is 29.7 Å². The minimum Gasteiger partial charge on any atom is -0.489 e. The fourth-order valence-electron chi connectivity index (χ4n) is 3.70. The average molecular weight is 493 g/mol. The van der Waals surface area contributed by atoms with Gasteiger partial charge in [-0.1, -0.05) is 54.6 Å². The second-order valence-electron chi connectivity index (χ2n) is 8.26. The van der Waals surface area contributed by atoms with Gasteiger partial charge in [0.15, 0.2) is 0 Å². The summed E-state index contributed by atoms with van der Waals surface area (Å²) in [5.74, 6) is -1.10. The number of nitrogens with one attached hydrogen (secondary N) is 1. The number of ether oxygens (including phenoxy) is 1. The van der Waals surface area contributed by atoms with Crippen molar-refractivity contribution < 1.29 is 32.6 Å². The van der Waals surface area contributed by atoms with Gasteiger partial charge >= 0.3 is 12.1 Å². The molecule has 184 valence electrons. The SMILES string of the molecule is O=C(NC(Cc1ccccc1)C(=O)O)c1ccc2cc(OCc3ccc(C(F)(F)F)cc3)ccc2c1. The number of benzene rings is 4. The van der Waals surface area contributed by atoms with Gasteiger partial charge in [0.05, 0.1) is 5.56 Å². The number of carbonyl (C=O) groups excluding carboxylic acids is 1. The number of carboxylic acid groups (broad SMARTS) is 1. The first-order chi connectivity index (χ1) is 17.2. The van der Waals surface area contributed by atoms with Crippen LogP contribution in [0.15, 0.2) is 91.0 Å². The van der Waals surface area contributed by atoms with Gasteiger partial charge in [-0.05, 0) is 58.3 Å². The number of aliphatic carboxylic acids is 1. The zero-order chi connectivity index (χ0) is 25.7. The summed E-state index contributed by atoms with van der Waals surface area (Å²) in [6.07, 6.45) is -4.22. The summed E-state index contributed by atoms with van der Waals surface area (Å²) in [5.41, 5.74) is 0.998. The van der Waals surface area contributed by atoms with Crippen LogP contribution < -0.4 is 10.1 Å². The van der Waals surface area contributed by atoms with Crippen molar-refractivity contribution in [1.82, 2.24) is 5.32 Å². The van der Waals surface area contributed by atoms with Gasteiger partial charge in [0.2, 0.25) is 0 Å². The van der Waals surface area contributed by atoms with E-state index in [9.17, 15) is 27.9 Å². The maximum atomic E-state index is 12.7. The third-order valence-corrected chi connectivity index (χ3v) is 5.65.